The van der Waals surface area contributed by atoms with Gasteiger partial charge in [-0.1, -0.05) is 11.6 Å². The number of rotatable bonds is 5. The number of carboxylic acids is 1. The minimum atomic E-state index is -1.29. The Hall–Kier alpha value is -4.38. The average Bonchev–Trinajstić information content (AvgIpc) is 2.84. The third-order valence-electron chi connectivity index (χ3n) is 6.00. The number of benzene rings is 1. The van der Waals surface area contributed by atoms with E-state index >= 15 is 0 Å². The summed E-state index contributed by atoms with van der Waals surface area (Å²) >= 11 is 5.84. The monoisotopic (exact) mass is 508 g/mol. The van der Waals surface area contributed by atoms with E-state index in [2.05, 4.69) is 15.3 Å². The molecule has 0 saturated heterocycles. The van der Waals surface area contributed by atoms with Crippen LogP contribution in [0, 0.1) is 5.82 Å². The number of halogens is 2. The second-order valence-electron chi connectivity index (χ2n) is 8.29. The number of hydrogen-bond donors (Lipinski definition) is 3. The molecule has 0 spiro atoms. The number of hydrogen-bond acceptors (Lipinski definition) is 7. The minimum absolute atomic E-state index is 0.00916. The molecule has 1 amide bonds. The Labute approximate surface area is 207 Å². The zero-order valence-electron chi connectivity index (χ0n) is 18.7. The number of pyridine rings is 2. The summed E-state index contributed by atoms with van der Waals surface area (Å²) in [6, 6.07) is 7.68. The highest BCUT2D eigenvalue weighted by Gasteiger charge is 2.25. The molecule has 0 fully saturated rings. The maximum atomic E-state index is 14.6. The van der Waals surface area contributed by atoms with E-state index < -0.39 is 29.3 Å². The molecule has 4 aromatic rings. The van der Waals surface area contributed by atoms with Gasteiger partial charge in [-0.15, -0.1) is 0 Å². The van der Waals surface area contributed by atoms with Gasteiger partial charge in [0.15, 0.2) is 5.69 Å². The summed E-state index contributed by atoms with van der Waals surface area (Å²) in [7, 11) is 0. The maximum Gasteiger partial charge on any atom is 0.356 e. The summed E-state index contributed by atoms with van der Waals surface area (Å²) in [4.78, 5) is 49.4. The van der Waals surface area contributed by atoms with E-state index in [4.69, 9.17) is 22.3 Å². The number of anilines is 1. The maximum absolute atomic E-state index is 14.6. The number of carboxylic acid groups (broad SMARTS) is 1. The first-order valence-electron chi connectivity index (χ1n) is 10.8. The van der Waals surface area contributed by atoms with Gasteiger partial charge in [0.25, 0.3) is 11.5 Å². The first-order valence-corrected chi connectivity index (χ1v) is 11.2. The van der Waals surface area contributed by atoms with Gasteiger partial charge in [-0.3, -0.25) is 14.2 Å². The number of aryl methyl sites for hydroxylation is 1. The first-order chi connectivity index (χ1) is 17.1. The summed E-state index contributed by atoms with van der Waals surface area (Å²) < 4.78 is 16.1. The molecule has 1 aliphatic heterocycles. The molecule has 0 radical (unpaired) electrons. The SMILES string of the molecule is C[C@@H](Nc1ccc(Cl)nc1C(=O)O)c1cc(F)cc2c(=O)n3c(nc12)-c1ccc(C(N)=O)nc1CC3. The van der Waals surface area contributed by atoms with Crippen molar-refractivity contribution in [2.24, 2.45) is 5.73 Å². The molecule has 5 rings (SSSR count). The Morgan fingerprint density at radius 2 is 1.97 bits per heavy atom. The number of carbonyl (C=O) groups excluding carboxylic acids is 1. The molecule has 0 saturated carbocycles. The van der Waals surface area contributed by atoms with Crippen molar-refractivity contribution in [2.45, 2.75) is 25.9 Å². The Kier molecular flexibility index (Phi) is 5.64. The van der Waals surface area contributed by atoms with Crippen LogP contribution in [0.4, 0.5) is 10.1 Å². The second-order valence-corrected chi connectivity index (χ2v) is 8.68. The predicted molar refractivity (Wildman–Crippen MR) is 130 cm³/mol. The van der Waals surface area contributed by atoms with E-state index in [0.29, 0.717) is 29.1 Å². The van der Waals surface area contributed by atoms with Gasteiger partial charge in [-0.2, -0.15) is 0 Å². The van der Waals surface area contributed by atoms with Crippen LogP contribution in [-0.4, -0.2) is 36.5 Å². The first kappa shape index (κ1) is 23.4. The molecule has 182 valence electrons. The largest absolute Gasteiger partial charge is 0.476 e. The summed E-state index contributed by atoms with van der Waals surface area (Å²) in [6.07, 6.45) is 0.373. The molecule has 0 unspecified atom stereocenters. The fraction of sp³-hybridized carbons (Fsp3) is 0.167. The van der Waals surface area contributed by atoms with Gasteiger partial charge < -0.3 is 16.2 Å². The standard InChI is InChI=1S/C24H18ClFN6O4/c1-10(28-16-4-5-18(25)30-20(16)24(35)36)13-8-11(26)9-14-19(13)31-22-12-2-3-17(21(27)33)29-15(12)6-7-32(22)23(14)34/h2-5,8-10,28H,6-7H2,1H3,(H2,27,33)(H,35,36)/t10-/m1/s1. The average molecular weight is 509 g/mol. The predicted octanol–water partition coefficient (Wildman–Crippen LogP) is 3.17. The number of nitrogens with one attached hydrogen (secondary N) is 1. The van der Waals surface area contributed by atoms with Gasteiger partial charge >= 0.3 is 5.97 Å². The van der Waals surface area contributed by atoms with Crippen molar-refractivity contribution in [2.75, 3.05) is 5.32 Å². The molecule has 0 aliphatic carbocycles. The molecule has 4 N–H and O–H groups in total. The summed E-state index contributed by atoms with van der Waals surface area (Å²) in [5.74, 6) is -2.26. The van der Waals surface area contributed by atoms with E-state index in [1.54, 1.807) is 13.0 Å². The Bertz CT molecular complexity index is 1650. The number of aromatic nitrogens is 4. The van der Waals surface area contributed by atoms with Crippen molar-refractivity contribution >= 4 is 40.1 Å². The minimum Gasteiger partial charge on any atom is -0.476 e. The van der Waals surface area contributed by atoms with Crippen LogP contribution in [0.15, 0.2) is 41.2 Å². The third-order valence-corrected chi connectivity index (χ3v) is 6.21. The lowest BCUT2D eigenvalue weighted by molar-refractivity contribution is 0.0691. The highest BCUT2D eigenvalue weighted by Crippen LogP contribution is 2.31. The molecule has 1 aromatic carbocycles. The van der Waals surface area contributed by atoms with Crippen molar-refractivity contribution in [3.05, 3.63) is 80.4 Å². The van der Waals surface area contributed by atoms with Gasteiger partial charge in [0.05, 0.1) is 28.3 Å². The van der Waals surface area contributed by atoms with E-state index in [1.807, 2.05) is 0 Å². The lowest BCUT2D eigenvalue weighted by atomic mass is 10.0. The number of primary amides is 1. The number of carbonyl (C=O) groups is 2. The van der Waals surface area contributed by atoms with Crippen molar-refractivity contribution in [3.8, 4) is 11.4 Å². The highest BCUT2D eigenvalue weighted by molar-refractivity contribution is 6.29. The van der Waals surface area contributed by atoms with Crippen molar-refractivity contribution in [1.29, 1.82) is 0 Å². The van der Waals surface area contributed by atoms with Crippen LogP contribution in [0.25, 0.3) is 22.3 Å². The molecule has 36 heavy (non-hydrogen) atoms. The van der Waals surface area contributed by atoms with Gasteiger partial charge in [0.1, 0.15) is 22.5 Å². The second kappa shape index (κ2) is 8.68. The van der Waals surface area contributed by atoms with Gasteiger partial charge in [-0.05, 0) is 43.3 Å². The Morgan fingerprint density at radius 1 is 1.19 bits per heavy atom. The molecular formula is C24H18ClFN6O4. The third kappa shape index (κ3) is 3.93. The van der Waals surface area contributed by atoms with E-state index in [0.717, 1.165) is 6.07 Å². The normalized spacial score (nSPS) is 13.1. The molecule has 4 heterocycles. The van der Waals surface area contributed by atoms with Crippen LogP contribution < -0.4 is 16.6 Å². The van der Waals surface area contributed by atoms with Crippen molar-refractivity contribution in [1.82, 2.24) is 19.5 Å². The van der Waals surface area contributed by atoms with E-state index in [1.165, 1.54) is 28.8 Å². The molecular weight excluding hydrogens is 491 g/mol. The van der Waals surface area contributed by atoms with Crippen LogP contribution in [0.5, 0.6) is 0 Å². The molecule has 3 aromatic heterocycles. The van der Waals surface area contributed by atoms with E-state index in [9.17, 15) is 23.9 Å². The quantitative estimate of drug-likeness (QED) is 0.347. The molecule has 12 heteroatoms. The zero-order chi connectivity index (χ0) is 25.7. The van der Waals surface area contributed by atoms with Crippen molar-refractivity contribution < 1.29 is 19.1 Å². The highest BCUT2D eigenvalue weighted by atomic mass is 35.5. The molecule has 1 atom stereocenters. The van der Waals surface area contributed by atoms with Crippen LogP contribution in [-0.2, 0) is 13.0 Å². The zero-order valence-corrected chi connectivity index (χ0v) is 19.5. The van der Waals surface area contributed by atoms with Gasteiger partial charge in [0, 0.05) is 24.1 Å². The lowest BCUT2D eigenvalue weighted by Gasteiger charge is -2.23. The van der Waals surface area contributed by atoms with Crippen molar-refractivity contribution in [3.63, 3.8) is 0 Å². The van der Waals surface area contributed by atoms with Crippen LogP contribution in [0.2, 0.25) is 5.15 Å². The number of nitrogens with two attached hydrogens (primary N) is 1. The van der Waals surface area contributed by atoms with Gasteiger partial charge in [0.2, 0.25) is 0 Å². The van der Waals surface area contributed by atoms with E-state index in [-0.39, 0.29) is 39.7 Å². The molecule has 1 aliphatic rings. The van der Waals surface area contributed by atoms with Crippen LogP contribution >= 0.6 is 11.6 Å². The van der Waals surface area contributed by atoms with Crippen LogP contribution in [0.1, 0.15) is 45.2 Å². The fourth-order valence-corrected chi connectivity index (χ4v) is 4.48. The number of amides is 1. The smallest absolute Gasteiger partial charge is 0.356 e. The number of fused-ring (bicyclic) bond motifs is 4. The molecule has 10 nitrogen and oxygen atoms in total. The summed E-state index contributed by atoms with van der Waals surface area (Å²) in [6.45, 7) is 1.93. The number of aromatic carboxylic acids is 1. The van der Waals surface area contributed by atoms with Crippen LogP contribution in [0.3, 0.4) is 0 Å². The lowest BCUT2D eigenvalue weighted by Crippen LogP contribution is -2.29. The number of nitrogens with zero attached hydrogens (tertiary/aromatic N) is 4. The Morgan fingerprint density at radius 3 is 2.69 bits per heavy atom. The van der Waals surface area contributed by atoms with Gasteiger partial charge in [-0.25, -0.2) is 24.1 Å². The topological polar surface area (TPSA) is 153 Å². The summed E-state index contributed by atoms with van der Waals surface area (Å²) in [5, 5.41) is 12.6. The molecule has 0 bridgehead atoms. The fourth-order valence-electron chi connectivity index (χ4n) is 4.34. The summed E-state index contributed by atoms with van der Waals surface area (Å²) in [5.41, 5.74) is 6.62. The Balaban J connectivity index is 1.67.